The van der Waals surface area contributed by atoms with Crippen molar-refractivity contribution >= 4 is 5.82 Å². The summed E-state index contributed by atoms with van der Waals surface area (Å²) in [6, 6.07) is 7.75. The van der Waals surface area contributed by atoms with Gasteiger partial charge in [0, 0.05) is 37.0 Å². The van der Waals surface area contributed by atoms with Crippen molar-refractivity contribution in [1.29, 1.82) is 0 Å². The van der Waals surface area contributed by atoms with Crippen molar-refractivity contribution in [3.63, 3.8) is 0 Å². The maximum Gasteiger partial charge on any atom is 0.266 e. The van der Waals surface area contributed by atoms with Crippen LogP contribution in [0.5, 0.6) is 0 Å². The zero-order chi connectivity index (χ0) is 19.0. The minimum Gasteiger partial charge on any atom is -0.355 e. The molecule has 0 bridgehead atoms. The Kier molecular flexibility index (Phi) is 4.74. The molecule has 2 aromatic rings. The average Bonchev–Trinajstić information content (AvgIpc) is 3.49. The van der Waals surface area contributed by atoms with E-state index in [0.717, 1.165) is 49.7 Å². The van der Waals surface area contributed by atoms with E-state index in [-0.39, 0.29) is 11.0 Å². The van der Waals surface area contributed by atoms with E-state index in [4.69, 9.17) is 0 Å². The number of anilines is 1. The van der Waals surface area contributed by atoms with Crippen LogP contribution < -0.4 is 10.5 Å². The van der Waals surface area contributed by atoms with Crippen LogP contribution in [0.1, 0.15) is 63.8 Å². The first kappa shape index (κ1) is 18.1. The quantitative estimate of drug-likeness (QED) is 0.831. The van der Waals surface area contributed by atoms with Crippen molar-refractivity contribution in [2.24, 2.45) is 5.92 Å². The first-order valence-corrected chi connectivity index (χ1v) is 10.1. The van der Waals surface area contributed by atoms with Gasteiger partial charge in [0.1, 0.15) is 0 Å². The summed E-state index contributed by atoms with van der Waals surface area (Å²) in [6.45, 7) is 9.07. The van der Waals surface area contributed by atoms with Crippen molar-refractivity contribution < 1.29 is 0 Å². The Morgan fingerprint density at radius 1 is 1.00 bits per heavy atom. The van der Waals surface area contributed by atoms with Gasteiger partial charge >= 0.3 is 0 Å². The number of hydrogen-bond donors (Lipinski definition) is 0. The third-order valence-electron chi connectivity index (χ3n) is 5.67. The predicted molar refractivity (Wildman–Crippen MR) is 106 cm³/mol. The molecule has 0 unspecified atom stereocenters. The fourth-order valence-corrected chi connectivity index (χ4v) is 3.68. The molecule has 144 valence electrons. The summed E-state index contributed by atoms with van der Waals surface area (Å²) in [4.78, 5) is 14.5. The molecule has 2 aliphatic rings. The van der Waals surface area contributed by atoms with E-state index in [0.29, 0.717) is 11.8 Å². The van der Waals surface area contributed by atoms with Gasteiger partial charge in [0.2, 0.25) is 0 Å². The molecule has 0 N–H and O–H groups in total. The molecule has 0 radical (unpaired) electrons. The van der Waals surface area contributed by atoms with Crippen molar-refractivity contribution in [2.75, 3.05) is 18.0 Å². The Hall–Kier alpha value is -2.24. The van der Waals surface area contributed by atoms with Gasteiger partial charge in [0.05, 0.1) is 11.4 Å². The summed E-state index contributed by atoms with van der Waals surface area (Å²) >= 11 is 0. The van der Waals surface area contributed by atoms with E-state index < -0.39 is 0 Å². The first-order chi connectivity index (χ1) is 12.9. The molecule has 1 saturated carbocycles. The summed E-state index contributed by atoms with van der Waals surface area (Å²) in [5, 5.41) is 13.5. The van der Waals surface area contributed by atoms with Crippen LogP contribution in [0.4, 0.5) is 5.82 Å². The molecular formula is C21H29N5O. The van der Waals surface area contributed by atoms with Gasteiger partial charge in [-0.3, -0.25) is 4.79 Å². The maximum absolute atomic E-state index is 12.2. The lowest BCUT2D eigenvalue weighted by Crippen LogP contribution is -2.37. The second-order valence-electron chi connectivity index (χ2n) is 9.01. The molecule has 0 atom stereocenters. The van der Waals surface area contributed by atoms with Gasteiger partial charge in [-0.05, 0) is 49.8 Å². The van der Waals surface area contributed by atoms with Gasteiger partial charge in [-0.15, -0.1) is 5.10 Å². The molecule has 2 aromatic heterocycles. The fourth-order valence-electron chi connectivity index (χ4n) is 3.68. The van der Waals surface area contributed by atoms with Gasteiger partial charge in [0.25, 0.3) is 5.56 Å². The van der Waals surface area contributed by atoms with E-state index in [9.17, 15) is 4.79 Å². The summed E-state index contributed by atoms with van der Waals surface area (Å²) in [5.74, 6) is 2.02. The molecule has 0 spiro atoms. The largest absolute Gasteiger partial charge is 0.355 e. The summed E-state index contributed by atoms with van der Waals surface area (Å²) in [6.07, 6.45) is 4.51. The summed E-state index contributed by atoms with van der Waals surface area (Å²) < 4.78 is 1.69. The molecule has 6 heteroatoms. The van der Waals surface area contributed by atoms with Crippen LogP contribution in [0.2, 0.25) is 0 Å². The minimum absolute atomic E-state index is 0.0189. The molecule has 0 amide bonds. The molecule has 0 aromatic carbocycles. The summed E-state index contributed by atoms with van der Waals surface area (Å²) in [7, 11) is 0. The van der Waals surface area contributed by atoms with Gasteiger partial charge in [0.15, 0.2) is 5.82 Å². The van der Waals surface area contributed by atoms with Crippen LogP contribution in [0.25, 0.3) is 0 Å². The molecule has 4 rings (SSSR count). The molecule has 3 heterocycles. The highest BCUT2D eigenvalue weighted by atomic mass is 16.1. The molecule has 1 aliphatic heterocycles. The van der Waals surface area contributed by atoms with Crippen LogP contribution in [-0.4, -0.2) is 33.1 Å². The van der Waals surface area contributed by atoms with E-state index in [1.165, 1.54) is 12.8 Å². The Balaban J connectivity index is 1.36. The van der Waals surface area contributed by atoms with Crippen molar-refractivity contribution in [3.8, 4) is 0 Å². The second kappa shape index (κ2) is 7.06. The number of nitrogens with zero attached hydrogens (tertiary/aromatic N) is 5. The maximum atomic E-state index is 12.2. The highest BCUT2D eigenvalue weighted by molar-refractivity contribution is 5.38. The Morgan fingerprint density at radius 2 is 1.74 bits per heavy atom. The van der Waals surface area contributed by atoms with Gasteiger partial charge in [-0.2, -0.15) is 10.2 Å². The van der Waals surface area contributed by atoms with Crippen LogP contribution in [0, 0.1) is 5.92 Å². The fraction of sp³-hybridized carbons (Fsp3) is 0.619. The van der Waals surface area contributed by atoms with Crippen molar-refractivity contribution in [3.05, 3.63) is 46.0 Å². The normalized spacial score (nSPS) is 18.7. The molecule has 2 fully saturated rings. The lowest BCUT2D eigenvalue weighted by Gasteiger charge is -2.32. The van der Waals surface area contributed by atoms with Crippen LogP contribution in [-0.2, 0) is 12.0 Å². The predicted octanol–water partition coefficient (Wildman–Crippen LogP) is 3.12. The van der Waals surface area contributed by atoms with Crippen LogP contribution >= 0.6 is 0 Å². The number of piperidine rings is 1. The molecule has 27 heavy (non-hydrogen) atoms. The summed E-state index contributed by atoms with van der Waals surface area (Å²) in [5.41, 5.74) is 2.14. The monoisotopic (exact) mass is 367 g/mol. The smallest absolute Gasteiger partial charge is 0.266 e. The standard InChI is InChI=1S/C21H29N5O/c1-21(2,3)18-7-8-19(23-22-18)25-12-10-15(11-13-25)14-26-20(27)9-6-17(24-26)16-4-5-16/h6-9,15-16H,4-5,10-14H2,1-3H3. The lowest BCUT2D eigenvalue weighted by molar-refractivity contribution is 0.332. The van der Waals surface area contributed by atoms with Crippen molar-refractivity contribution in [2.45, 2.75) is 64.3 Å². The van der Waals surface area contributed by atoms with Crippen molar-refractivity contribution in [1.82, 2.24) is 20.0 Å². The van der Waals surface area contributed by atoms with Gasteiger partial charge in [-0.25, -0.2) is 4.68 Å². The minimum atomic E-state index is 0.0189. The second-order valence-corrected chi connectivity index (χ2v) is 9.01. The molecule has 6 nitrogen and oxygen atoms in total. The Morgan fingerprint density at radius 3 is 2.33 bits per heavy atom. The molecule has 1 aliphatic carbocycles. The number of aromatic nitrogens is 4. The molecular weight excluding hydrogens is 338 g/mol. The van der Waals surface area contributed by atoms with E-state index >= 15 is 0 Å². The third-order valence-corrected chi connectivity index (χ3v) is 5.67. The van der Waals surface area contributed by atoms with Crippen LogP contribution in [0.15, 0.2) is 29.1 Å². The topological polar surface area (TPSA) is 63.9 Å². The molecule has 1 saturated heterocycles. The van der Waals surface area contributed by atoms with Crippen LogP contribution in [0.3, 0.4) is 0 Å². The Labute approximate surface area is 160 Å². The lowest BCUT2D eigenvalue weighted by atomic mass is 9.92. The van der Waals surface area contributed by atoms with Gasteiger partial charge in [-0.1, -0.05) is 20.8 Å². The van der Waals surface area contributed by atoms with E-state index in [1.807, 2.05) is 6.07 Å². The average molecular weight is 367 g/mol. The van der Waals surface area contributed by atoms with Gasteiger partial charge < -0.3 is 4.90 Å². The third kappa shape index (κ3) is 4.20. The SMILES string of the molecule is CC(C)(C)c1ccc(N2CCC(Cn3nc(C4CC4)ccc3=O)CC2)nn1. The van der Waals surface area contributed by atoms with E-state index in [1.54, 1.807) is 10.7 Å². The van der Waals surface area contributed by atoms with E-state index in [2.05, 4.69) is 53.1 Å². The highest BCUT2D eigenvalue weighted by Crippen LogP contribution is 2.38. The highest BCUT2D eigenvalue weighted by Gasteiger charge is 2.26. The zero-order valence-corrected chi connectivity index (χ0v) is 16.6. The number of rotatable bonds is 4. The Bertz CT molecular complexity index is 840. The number of hydrogen-bond acceptors (Lipinski definition) is 5. The first-order valence-electron chi connectivity index (χ1n) is 10.1. The zero-order valence-electron chi connectivity index (χ0n) is 16.6.